The molecular weight excluding hydrogens is 349 g/mol. The summed E-state index contributed by atoms with van der Waals surface area (Å²) in [6.45, 7) is 1.96. The summed E-state index contributed by atoms with van der Waals surface area (Å²) in [4.78, 5) is 18.0. The third-order valence-corrected chi connectivity index (χ3v) is 5.78. The summed E-state index contributed by atoms with van der Waals surface area (Å²) in [6, 6.07) is 8.47. The van der Waals surface area contributed by atoms with E-state index < -0.39 is 13.1 Å². The van der Waals surface area contributed by atoms with E-state index in [1.165, 1.54) is 44.1 Å². The molecule has 26 heavy (non-hydrogen) atoms. The molecule has 0 amide bonds. The van der Waals surface area contributed by atoms with Gasteiger partial charge in [0, 0.05) is 5.54 Å². The standard InChI is InChI=1S/C20H36NO4P/c1-2-3-4-5-6-7-8-18-9-11-19(12-10-18)13-14-20(21,17-22)15-16-26(23,24)25/h9-12,22H,2-8,13-17,21H2,1H3,(H2,23,24,25)/t20-/m0/s1. The van der Waals surface area contributed by atoms with Gasteiger partial charge in [0.1, 0.15) is 0 Å². The van der Waals surface area contributed by atoms with E-state index in [1.54, 1.807) is 0 Å². The van der Waals surface area contributed by atoms with E-state index >= 15 is 0 Å². The summed E-state index contributed by atoms with van der Waals surface area (Å²) in [6.07, 6.45) is 9.90. The van der Waals surface area contributed by atoms with E-state index in [0.29, 0.717) is 12.8 Å². The molecule has 1 rings (SSSR count). The first-order valence-corrected chi connectivity index (χ1v) is 11.6. The van der Waals surface area contributed by atoms with Crippen LogP contribution >= 0.6 is 7.60 Å². The van der Waals surface area contributed by atoms with E-state index in [9.17, 15) is 9.67 Å². The normalized spacial score (nSPS) is 14.3. The monoisotopic (exact) mass is 385 g/mol. The minimum Gasteiger partial charge on any atom is -0.394 e. The molecule has 5 nitrogen and oxygen atoms in total. The number of rotatable bonds is 14. The molecule has 5 N–H and O–H groups in total. The summed E-state index contributed by atoms with van der Waals surface area (Å²) < 4.78 is 11.0. The van der Waals surface area contributed by atoms with E-state index in [-0.39, 0.29) is 19.2 Å². The summed E-state index contributed by atoms with van der Waals surface area (Å²) >= 11 is 0. The molecule has 150 valence electrons. The maximum Gasteiger partial charge on any atom is 0.325 e. The third-order valence-electron chi connectivity index (χ3n) is 4.97. The van der Waals surface area contributed by atoms with Crippen LogP contribution in [0.4, 0.5) is 0 Å². The number of unbranched alkanes of at least 4 members (excludes halogenated alkanes) is 5. The first-order chi connectivity index (χ1) is 12.3. The Kier molecular flexibility index (Phi) is 10.7. The zero-order chi connectivity index (χ0) is 19.5. The molecule has 0 saturated heterocycles. The lowest BCUT2D eigenvalue weighted by Gasteiger charge is -2.27. The van der Waals surface area contributed by atoms with Crippen molar-refractivity contribution in [1.82, 2.24) is 0 Å². The van der Waals surface area contributed by atoms with E-state index in [1.807, 2.05) is 0 Å². The molecule has 0 spiro atoms. The summed E-state index contributed by atoms with van der Waals surface area (Å²) in [7, 11) is -4.09. The molecule has 1 aromatic carbocycles. The fraction of sp³-hybridized carbons (Fsp3) is 0.700. The van der Waals surface area contributed by atoms with Crippen molar-refractivity contribution >= 4 is 7.60 Å². The molecule has 0 saturated carbocycles. The van der Waals surface area contributed by atoms with Gasteiger partial charge < -0.3 is 20.6 Å². The largest absolute Gasteiger partial charge is 0.394 e. The van der Waals surface area contributed by atoms with E-state index in [2.05, 4.69) is 31.2 Å². The third kappa shape index (κ3) is 10.4. The minimum absolute atomic E-state index is 0.115. The molecule has 0 aliphatic carbocycles. The van der Waals surface area contributed by atoms with Gasteiger partial charge in [-0.15, -0.1) is 0 Å². The predicted molar refractivity (Wildman–Crippen MR) is 107 cm³/mol. The lowest BCUT2D eigenvalue weighted by atomic mass is 9.90. The molecule has 0 aliphatic rings. The molecule has 0 radical (unpaired) electrons. The van der Waals surface area contributed by atoms with Gasteiger partial charge in [-0.25, -0.2) is 0 Å². The number of hydrogen-bond donors (Lipinski definition) is 4. The van der Waals surface area contributed by atoms with Crippen molar-refractivity contribution in [2.24, 2.45) is 5.73 Å². The zero-order valence-corrected chi connectivity index (χ0v) is 17.0. The highest BCUT2D eigenvalue weighted by molar-refractivity contribution is 7.51. The number of aliphatic hydroxyl groups excluding tert-OH is 1. The number of aliphatic hydroxyl groups is 1. The minimum atomic E-state index is -4.09. The van der Waals surface area contributed by atoms with Crippen LogP contribution in [0.5, 0.6) is 0 Å². The molecule has 0 aliphatic heterocycles. The Labute approximate surface area is 158 Å². The number of hydrogen-bond acceptors (Lipinski definition) is 3. The van der Waals surface area contributed by atoms with Crippen LogP contribution in [0.1, 0.15) is 69.4 Å². The van der Waals surface area contributed by atoms with Crippen LogP contribution in [0, 0.1) is 0 Å². The van der Waals surface area contributed by atoms with Crippen molar-refractivity contribution in [3.63, 3.8) is 0 Å². The Hall–Kier alpha value is -0.710. The van der Waals surface area contributed by atoms with Gasteiger partial charge in [-0.3, -0.25) is 4.57 Å². The molecule has 1 aromatic rings. The average Bonchev–Trinajstić information content (AvgIpc) is 2.61. The molecule has 6 heteroatoms. The van der Waals surface area contributed by atoms with Crippen LogP contribution in [0.3, 0.4) is 0 Å². The van der Waals surface area contributed by atoms with Crippen LogP contribution in [-0.4, -0.2) is 33.2 Å². The quantitative estimate of drug-likeness (QED) is 0.288. The first kappa shape index (κ1) is 23.3. The maximum atomic E-state index is 11.0. The van der Waals surface area contributed by atoms with Gasteiger partial charge in [0.25, 0.3) is 0 Å². The van der Waals surface area contributed by atoms with Gasteiger partial charge in [-0.05, 0) is 43.2 Å². The highest BCUT2D eigenvalue weighted by Gasteiger charge is 2.27. The van der Waals surface area contributed by atoms with Crippen molar-refractivity contribution in [3.8, 4) is 0 Å². The second-order valence-corrected chi connectivity index (χ2v) is 9.27. The fourth-order valence-corrected chi connectivity index (χ4v) is 3.76. The van der Waals surface area contributed by atoms with Crippen LogP contribution in [0.25, 0.3) is 0 Å². The van der Waals surface area contributed by atoms with Crippen LogP contribution in [0.15, 0.2) is 24.3 Å². The lowest BCUT2D eigenvalue weighted by Crippen LogP contribution is -2.44. The van der Waals surface area contributed by atoms with Crippen molar-refractivity contribution in [2.45, 2.75) is 76.7 Å². The maximum absolute atomic E-state index is 11.0. The first-order valence-electron chi connectivity index (χ1n) is 9.80. The van der Waals surface area contributed by atoms with Crippen molar-refractivity contribution in [1.29, 1.82) is 0 Å². The topological polar surface area (TPSA) is 104 Å². The second-order valence-electron chi connectivity index (χ2n) is 7.49. The van der Waals surface area contributed by atoms with E-state index in [4.69, 9.17) is 15.5 Å². The van der Waals surface area contributed by atoms with Gasteiger partial charge >= 0.3 is 7.60 Å². The van der Waals surface area contributed by atoms with Gasteiger partial charge in [-0.1, -0.05) is 63.3 Å². The Morgan fingerprint density at radius 1 is 0.923 bits per heavy atom. The molecule has 0 aromatic heterocycles. The van der Waals surface area contributed by atoms with Crippen LogP contribution < -0.4 is 5.73 Å². The Bertz CT molecular complexity index is 543. The highest BCUT2D eigenvalue weighted by Crippen LogP contribution is 2.37. The van der Waals surface area contributed by atoms with Gasteiger partial charge in [0.15, 0.2) is 0 Å². The molecule has 1 atom stereocenters. The van der Waals surface area contributed by atoms with Crippen molar-refractivity contribution < 1.29 is 19.5 Å². The summed E-state index contributed by atoms with van der Waals surface area (Å²) in [5.74, 6) is 0. The zero-order valence-electron chi connectivity index (χ0n) is 16.1. The van der Waals surface area contributed by atoms with Gasteiger partial charge in [0.05, 0.1) is 12.8 Å². The van der Waals surface area contributed by atoms with Crippen LogP contribution in [-0.2, 0) is 17.4 Å². The van der Waals surface area contributed by atoms with Crippen molar-refractivity contribution in [3.05, 3.63) is 35.4 Å². The predicted octanol–water partition coefficient (Wildman–Crippen LogP) is 3.78. The summed E-state index contributed by atoms with van der Waals surface area (Å²) in [5.41, 5.74) is 7.63. The number of benzene rings is 1. The van der Waals surface area contributed by atoms with Gasteiger partial charge in [-0.2, -0.15) is 0 Å². The van der Waals surface area contributed by atoms with Gasteiger partial charge in [0.2, 0.25) is 0 Å². The van der Waals surface area contributed by atoms with Crippen molar-refractivity contribution in [2.75, 3.05) is 12.8 Å². The SMILES string of the molecule is CCCCCCCCc1ccc(CC[C@@](N)(CO)CCP(=O)(O)O)cc1. The molecule has 0 heterocycles. The Balaban J connectivity index is 2.37. The molecule has 0 fully saturated rings. The smallest absolute Gasteiger partial charge is 0.325 e. The number of nitrogens with two attached hydrogens (primary N) is 1. The number of aryl methyl sites for hydroxylation is 2. The Morgan fingerprint density at radius 2 is 1.46 bits per heavy atom. The van der Waals surface area contributed by atoms with E-state index in [0.717, 1.165) is 12.0 Å². The average molecular weight is 385 g/mol. The summed E-state index contributed by atoms with van der Waals surface area (Å²) in [5, 5.41) is 9.50. The lowest BCUT2D eigenvalue weighted by molar-refractivity contribution is 0.181. The molecular formula is C20H36NO4P. The highest BCUT2D eigenvalue weighted by atomic mass is 31.2. The van der Waals surface area contributed by atoms with Crippen LogP contribution in [0.2, 0.25) is 0 Å². The molecule has 0 unspecified atom stereocenters. The Morgan fingerprint density at radius 3 is 2.00 bits per heavy atom. The molecule has 0 bridgehead atoms. The second kappa shape index (κ2) is 11.9. The fourth-order valence-electron chi connectivity index (χ4n) is 3.03.